The standard InChI is InChI=1S/C18H24N2O2/c21-14-10-11-15-17(12-14)20-18(22)16(19-15)9-3-1-2-6-13-7-4-5-8-13/h10-13,21H,1-9H2,(H,20,22). The highest BCUT2D eigenvalue weighted by Gasteiger charge is 2.14. The lowest BCUT2D eigenvalue weighted by molar-refractivity contribution is 0.467. The number of unbranched alkanes of at least 4 members (excludes halogenated alkanes) is 2. The number of phenols is 1. The molecule has 0 atom stereocenters. The molecule has 4 heteroatoms. The lowest BCUT2D eigenvalue weighted by Gasteiger charge is -2.08. The Bertz CT molecular complexity index is 687. The number of hydrogen-bond donors (Lipinski definition) is 2. The van der Waals surface area contributed by atoms with Crippen molar-refractivity contribution in [2.24, 2.45) is 5.92 Å². The molecule has 0 bridgehead atoms. The number of fused-ring (bicyclic) bond motifs is 1. The quantitative estimate of drug-likeness (QED) is 0.795. The summed E-state index contributed by atoms with van der Waals surface area (Å²) >= 11 is 0. The van der Waals surface area contributed by atoms with Crippen LogP contribution in [0.4, 0.5) is 0 Å². The first-order valence-electron chi connectivity index (χ1n) is 8.44. The van der Waals surface area contributed by atoms with Crippen molar-refractivity contribution in [2.45, 2.75) is 57.8 Å². The molecular weight excluding hydrogens is 276 g/mol. The smallest absolute Gasteiger partial charge is 0.270 e. The third-order valence-electron chi connectivity index (χ3n) is 4.75. The predicted octanol–water partition coefficient (Wildman–Crippen LogP) is 3.92. The monoisotopic (exact) mass is 300 g/mol. The Morgan fingerprint density at radius 2 is 2.00 bits per heavy atom. The summed E-state index contributed by atoms with van der Waals surface area (Å²) in [6.07, 6.45) is 11.2. The minimum atomic E-state index is -0.131. The van der Waals surface area contributed by atoms with Gasteiger partial charge in [0.2, 0.25) is 0 Å². The van der Waals surface area contributed by atoms with Gasteiger partial charge in [0.25, 0.3) is 5.56 Å². The van der Waals surface area contributed by atoms with Gasteiger partial charge in [-0.3, -0.25) is 4.79 Å². The van der Waals surface area contributed by atoms with Crippen LogP contribution in [0.5, 0.6) is 5.75 Å². The van der Waals surface area contributed by atoms with E-state index in [1.807, 2.05) is 0 Å². The van der Waals surface area contributed by atoms with E-state index in [2.05, 4.69) is 9.97 Å². The van der Waals surface area contributed by atoms with E-state index in [-0.39, 0.29) is 11.3 Å². The van der Waals surface area contributed by atoms with Crippen molar-refractivity contribution in [1.82, 2.24) is 9.97 Å². The highest BCUT2D eigenvalue weighted by molar-refractivity contribution is 5.75. The van der Waals surface area contributed by atoms with Crippen LogP contribution in [0.25, 0.3) is 11.0 Å². The zero-order valence-electron chi connectivity index (χ0n) is 13.0. The molecule has 1 heterocycles. The Labute approximate surface area is 130 Å². The van der Waals surface area contributed by atoms with Crippen molar-refractivity contribution >= 4 is 11.0 Å². The number of H-pyrrole nitrogens is 1. The van der Waals surface area contributed by atoms with Crippen molar-refractivity contribution in [3.63, 3.8) is 0 Å². The number of aromatic amines is 1. The van der Waals surface area contributed by atoms with Gasteiger partial charge in [-0.05, 0) is 30.9 Å². The fourth-order valence-electron chi connectivity index (χ4n) is 3.48. The maximum Gasteiger partial charge on any atom is 0.270 e. The summed E-state index contributed by atoms with van der Waals surface area (Å²) in [6, 6.07) is 4.87. The second kappa shape index (κ2) is 6.95. The zero-order chi connectivity index (χ0) is 15.4. The Morgan fingerprint density at radius 1 is 1.18 bits per heavy atom. The van der Waals surface area contributed by atoms with E-state index in [1.54, 1.807) is 12.1 Å². The van der Waals surface area contributed by atoms with Crippen molar-refractivity contribution in [1.29, 1.82) is 0 Å². The molecule has 4 nitrogen and oxygen atoms in total. The molecular formula is C18H24N2O2. The summed E-state index contributed by atoms with van der Waals surface area (Å²) in [5.74, 6) is 1.10. The van der Waals surface area contributed by atoms with Crippen LogP contribution in [0.15, 0.2) is 23.0 Å². The largest absolute Gasteiger partial charge is 0.508 e. The molecule has 22 heavy (non-hydrogen) atoms. The number of phenolic OH excluding ortho intramolecular Hbond substituents is 1. The average Bonchev–Trinajstić information content (AvgIpc) is 3.00. The molecule has 0 radical (unpaired) electrons. The minimum absolute atomic E-state index is 0.131. The summed E-state index contributed by atoms with van der Waals surface area (Å²) in [4.78, 5) is 19.3. The molecule has 0 saturated heterocycles. The summed E-state index contributed by atoms with van der Waals surface area (Å²) in [5.41, 5.74) is 1.81. The number of aromatic hydroxyl groups is 1. The SMILES string of the molecule is O=c1[nH]c2cc(O)ccc2nc1CCCCCC1CCCC1. The van der Waals surface area contributed by atoms with E-state index in [9.17, 15) is 9.90 Å². The Hall–Kier alpha value is -1.84. The van der Waals surface area contributed by atoms with E-state index in [4.69, 9.17) is 0 Å². The molecule has 1 saturated carbocycles. The van der Waals surface area contributed by atoms with Crippen LogP contribution < -0.4 is 5.56 Å². The van der Waals surface area contributed by atoms with Gasteiger partial charge in [-0.2, -0.15) is 0 Å². The minimum Gasteiger partial charge on any atom is -0.508 e. The average molecular weight is 300 g/mol. The van der Waals surface area contributed by atoms with Gasteiger partial charge in [-0.1, -0.05) is 44.9 Å². The molecule has 1 aliphatic carbocycles. The van der Waals surface area contributed by atoms with Gasteiger partial charge >= 0.3 is 0 Å². The summed E-state index contributed by atoms with van der Waals surface area (Å²) in [5, 5.41) is 9.43. The number of nitrogens with zero attached hydrogens (tertiary/aromatic N) is 1. The Kier molecular flexibility index (Phi) is 4.76. The Balaban J connectivity index is 1.53. The van der Waals surface area contributed by atoms with Gasteiger partial charge in [0.1, 0.15) is 11.4 Å². The van der Waals surface area contributed by atoms with Crippen molar-refractivity contribution in [3.8, 4) is 5.75 Å². The molecule has 0 spiro atoms. The lowest BCUT2D eigenvalue weighted by atomic mass is 9.99. The van der Waals surface area contributed by atoms with Gasteiger partial charge < -0.3 is 10.1 Å². The van der Waals surface area contributed by atoms with Crippen LogP contribution in [0.3, 0.4) is 0 Å². The highest BCUT2D eigenvalue weighted by atomic mass is 16.3. The van der Waals surface area contributed by atoms with Crippen LogP contribution in [0.2, 0.25) is 0 Å². The highest BCUT2D eigenvalue weighted by Crippen LogP contribution is 2.29. The number of nitrogens with one attached hydrogen (secondary N) is 1. The van der Waals surface area contributed by atoms with Crippen LogP contribution in [0.1, 0.15) is 57.1 Å². The maximum absolute atomic E-state index is 12.0. The first kappa shape index (κ1) is 15.1. The second-order valence-corrected chi connectivity index (χ2v) is 6.46. The number of benzene rings is 1. The normalized spacial score (nSPS) is 15.6. The molecule has 2 N–H and O–H groups in total. The van der Waals surface area contributed by atoms with Crippen LogP contribution in [0, 0.1) is 5.92 Å². The van der Waals surface area contributed by atoms with Crippen LogP contribution in [-0.2, 0) is 6.42 Å². The van der Waals surface area contributed by atoms with Gasteiger partial charge in [0, 0.05) is 6.07 Å². The molecule has 118 valence electrons. The van der Waals surface area contributed by atoms with E-state index in [0.29, 0.717) is 11.2 Å². The molecule has 2 aromatic rings. The fraction of sp³-hybridized carbons (Fsp3) is 0.556. The summed E-state index contributed by atoms with van der Waals surface area (Å²) < 4.78 is 0. The van der Waals surface area contributed by atoms with E-state index in [1.165, 1.54) is 51.0 Å². The third kappa shape index (κ3) is 3.67. The van der Waals surface area contributed by atoms with E-state index in [0.717, 1.165) is 24.3 Å². The van der Waals surface area contributed by atoms with Gasteiger partial charge in [0.15, 0.2) is 0 Å². The van der Waals surface area contributed by atoms with Crippen molar-refractivity contribution in [3.05, 3.63) is 34.2 Å². The number of aryl methyl sites for hydroxylation is 1. The van der Waals surface area contributed by atoms with Gasteiger partial charge in [-0.15, -0.1) is 0 Å². The zero-order valence-corrected chi connectivity index (χ0v) is 13.0. The molecule has 1 aromatic carbocycles. The van der Waals surface area contributed by atoms with Crippen molar-refractivity contribution in [2.75, 3.05) is 0 Å². The number of hydrogen-bond acceptors (Lipinski definition) is 3. The summed E-state index contributed by atoms with van der Waals surface area (Å²) in [7, 11) is 0. The second-order valence-electron chi connectivity index (χ2n) is 6.46. The number of aromatic nitrogens is 2. The maximum atomic E-state index is 12.0. The van der Waals surface area contributed by atoms with E-state index < -0.39 is 0 Å². The van der Waals surface area contributed by atoms with Gasteiger partial charge in [-0.25, -0.2) is 4.98 Å². The summed E-state index contributed by atoms with van der Waals surface area (Å²) in [6.45, 7) is 0. The first-order valence-corrected chi connectivity index (χ1v) is 8.44. The van der Waals surface area contributed by atoms with Gasteiger partial charge in [0.05, 0.1) is 11.0 Å². The Morgan fingerprint density at radius 3 is 2.82 bits per heavy atom. The van der Waals surface area contributed by atoms with Crippen molar-refractivity contribution < 1.29 is 5.11 Å². The fourth-order valence-corrected chi connectivity index (χ4v) is 3.48. The molecule has 0 aliphatic heterocycles. The topological polar surface area (TPSA) is 66.0 Å². The lowest BCUT2D eigenvalue weighted by Crippen LogP contribution is -2.15. The first-order chi connectivity index (χ1) is 10.7. The van der Waals surface area contributed by atoms with Crippen LogP contribution >= 0.6 is 0 Å². The van der Waals surface area contributed by atoms with E-state index >= 15 is 0 Å². The van der Waals surface area contributed by atoms with Crippen LogP contribution in [-0.4, -0.2) is 15.1 Å². The third-order valence-corrected chi connectivity index (χ3v) is 4.75. The molecule has 0 amide bonds. The molecule has 1 aromatic heterocycles. The molecule has 1 aliphatic rings. The number of rotatable bonds is 6. The predicted molar refractivity (Wildman–Crippen MR) is 88.2 cm³/mol. The molecule has 0 unspecified atom stereocenters. The molecule has 1 fully saturated rings. The molecule has 3 rings (SSSR count).